The molecule has 5 aliphatic carbocycles. The maximum atomic E-state index is 15.8. The van der Waals surface area contributed by atoms with Crippen LogP contribution in [-0.2, 0) is 26.3 Å². The zero-order valence-corrected chi connectivity index (χ0v) is 33.8. The fraction of sp³-hybridized carbons (Fsp3) is 0.633. The van der Waals surface area contributed by atoms with Gasteiger partial charge in [-0.3, -0.25) is 9.69 Å². The number of esters is 2. The monoisotopic (exact) mass is 767 g/mol. The summed E-state index contributed by atoms with van der Waals surface area (Å²) in [5.41, 5.74) is 12.4. The van der Waals surface area contributed by atoms with Crippen molar-refractivity contribution < 1.29 is 24.2 Å². The Bertz CT molecular complexity index is 2250. The van der Waals surface area contributed by atoms with Crippen LogP contribution in [-0.4, -0.2) is 64.6 Å². The predicted molar refractivity (Wildman–Crippen MR) is 214 cm³/mol. The van der Waals surface area contributed by atoms with Crippen LogP contribution in [0.15, 0.2) is 75.9 Å². The Labute approximate surface area is 336 Å². The van der Waals surface area contributed by atoms with Gasteiger partial charge in [0.25, 0.3) is 0 Å². The van der Waals surface area contributed by atoms with Gasteiger partial charge in [-0.15, -0.1) is 0 Å². The standard InChI is InChI=1S/C49H57N3O5/c1-24-9-10-28-21-34-25(2)19-29-11-13-37-30-20-31-23-52(37)42(29)40(34)33-15-16-47-44(43(53)32-12-14-36(31)51(22-30)26(32)3)56-46(55)48(47,41(28)33)38(18-24)49(47)35-8-4-6-27(7-5-17-50)39(35)45(54)57-49/h4,6,8,11,13,21,24-26,30-32,34,36-38,40,53H,5,7,9-10,12,14-20,22-23,50H2,1-3H3/b44-43+/t24-,25+,26+,30+,31+,32-,34-,36+,37-,38-,40-,47+,48+,49+/m0/s1. The van der Waals surface area contributed by atoms with Crippen LogP contribution in [0.25, 0.3) is 0 Å². The molecule has 298 valence electrons. The number of benzene rings is 1. The van der Waals surface area contributed by atoms with Gasteiger partial charge in [-0.25, -0.2) is 4.79 Å². The van der Waals surface area contributed by atoms with Gasteiger partial charge in [-0.05, 0) is 136 Å². The van der Waals surface area contributed by atoms with Crippen LogP contribution in [0.3, 0.4) is 0 Å². The van der Waals surface area contributed by atoms with Crippen molar-refractivity contribution in [2.75, 3.05) is 19.6 Å². The summed E-state index contributed by atoms with van der Waals surface area (Å²) in [7, 11) is 0. The van der Waals surface area contributed by atoms with E-state index in [9.17, 15) is 9.90 Å². The summed E-state index contributed by atoms with van der Waals surface area (Å²) in [5.74, 6) is 2.17. The number of ether oxygens (including phenoxy) is 2. The Hall–Kier alpha value is -3.62. The summed E-state index contributed by atoms with van der Waals surface area (Å²) < 4.78 is 14.0. The number of rotatable bonds is 3. The van der Waals surface area contributed by atoms with Crippen molar-refractivity contribution in [2.45, 2.75) is 115 Å². The SMILES string of the molecule is C[C@H]1CCC2=C[C@@H]3[C@@H]4C5=C2[C@]26C(=O)O/C(=C(/O)[C@H]7CC[C@@H]8[C@@H]9C[C@H](CN8[C@@H]7C)[C@@H]7C=CC(=C4N7C9)C[C@H]3C)[C@@]2(CC5)[C@]2(OC(=O)c3c(CCCN)cccc32)[C@H]6C1. The molecule has 3 N–H and O–H groups in total. The van der Waals surface area contributed by atoms with E-state index in [4.69, 9.17) is 15.2 Å². The third kappa shape index (κ3) is 3.67. The van der Waals surface area contributed by atoms with Gasteiger partial charge >= 0.3 is 11.9 Å². The van der Waals surface area contributed by atoms with E-state index in [0.29, 0.717) is 72.4 Å². The average molecular weight is 768 g/mol. The van der Waals surface area contributed by atoms with Gasteiger partial charge in [-0.1, -0.05) is 55.8 Å². The first kappa shape index (κ1) is 34.3. The highest BCUT2D eigenvalue weighted by molar-refractivity contribution is 6.01. The summed E-state index contributed by atoms with van der Waals surface area (Å²) in [5, 5.41) is 13.2. The van der Waals surface area contributed by atoms with Crippen LogP contribution in [0, 0.1) is 58.2 Å². The molecule has 3 spiro atoms. The van der Waals surface area contributed by atoms with Gasteiger partial charge in [-0.2, -0.15) is 0 Å². The molecule has 8 heteroatoms. The lowest BCUT2D eigenvalue weighted by Gasteiger charge is -2.72. The number of piperidine rings is 3. The third-order valence-corrected chi connectivity index (χ3v) is 18.8. The molecular weight excluding hydrogens is 711 g/mol. The fourth-order valence-electron chi connectivity index (χ4n) is 16.8. The minimum absolute atomic E-state index is 0.0886. The van der Waals surface area contributed by atoms with Crippen molar-refractivity contribution in [3.8, 4) is 0 Å². The van der Waals surface area contributed by atoms with Crippen molar-refractivity contribution in [2.24, 2.45) is 63.9 Å². The van der Waals surface area contributed by atoms with Crippen LogP contribution in [0.2, 0.25) is 0 Å². The lowest BCUT2D eigenvalue weighted by atomic mass is 9.28. The maximum Gasteiger partial charge on any atom is 0.339 e. The Morgan fingerprint density at radius 3 is 2.77 bits per heavy atom. The smallest absolute Gasteiger partial charge is 0.339 e. The normalized spacial score (nSPS) is 48.8. The van der Waals surface area contributed by atoms with E-state index >= 15 is 4.79 Å². The second-order valence-electron chi connectivity index (χ2n) is 20.8. The van der Waals surface area contributed by atoms with Crippen molar-refractivity contribution >= 4 is 11.9 Å². The minimum atomic E-state index is -1.13. The van der Waals surface area contributed by atoms with E-state index in [1.54, 1.807) is 5.70 Å². The lowest BCUT2D eigenvalue weighted by molar-refractivity contribution is -0.279. The predicted octanol–water partition coefficient (Wildman–Crippen LogP) is 7.62. The molecule has 4 saturated heterocycles. The summed E-state index contributed by atoms with van der Waals surface area (Å²) in [4.78, 5) is 36.1. The zero-order chi connectivity index (χ0) is 38.5. The number of nitrogens with two attached hydrogens (primary N) is 1. The summed E-state index contributed by atoms with van der Waals surface area (Å²) >= 11 is 0. The fourth-order valence-corrected chi connectivity index (χ4v) is 16.8. The number of carbonyl (C=O) groups excluding carboxylic acids is 2. The molecule has 0 amide bonds. The van der Waals surface area contributed by atoms with Crippen molar-refractivity contribution in [3.63, 3.8) is 0 Å². The first-order valence-corrected chi connectivity index (χ1v) is 22.8. The van der Waals surface area contributed by atoms with E-state index in [0.717, 1.165) is 75.6 Å². The van der Waals surface area contributed by atoms with Gasteiger partial charge < -0.3 is 25.2 Å². The van der Waals surface area contributed by atoms with Gasteiger partial charge in [0, 0.05) is 54.2 Å². The second kappa shape index (κ2) is 11.1. The number of hydrogen-bond acceptors (Lipinski definition) is 8. The molecule has 0 aromatic heterocycles. The number of carbonyl (C=O) groups is 2. The molecule has 0 radical (unpaired) electrons. The highest BCUT2D eigenvalue weighted by Gasteiger charge is 2.94. The van der Waals surface area contributed by atoms with Gasteiger partial charge in [0.15, 0.2) is 11.4 Å². The van der Waals surface area contributed by atoms with E-state index < -0.39 is 16.4 Å². The highest BCUT2D eigenvalue weighted by Crippen LogP contribution is 2.88. The molecule has 1 aromatic rings. The number of aliphatic hydroxyl groups is 1. The molecule has 13 aliphatic rings. The van der Waals surface area contributed by atoms with Crippen LogP contribution in [0.1, 0.15) is 106 Å². The number of allylic oxidation sites excluding steroid dienone is 5. The third-order valence-electron chi connectivity index (χ3n) is 18.8. The molecule has 8 aliphatic heterocycles. The molecular formula is C49H57N3O5. The van der Waals surface area contributed by atoms with Gasteiger partial charge in [0.05, 0.1) is 17.0 Å². The van der Waals surface area contributed by atoms with E-state index in [1.807, 2.05) is 0 Å². The van der Waals surface area contributed by atoms with Crippen LogP contribution < -0.4 is 5.73 Å². The zero-order valence-electron chi connectivity index (χ0n) is 33.8. The number of fused-ring (bicyclic) bond motifs is 4. The van der Waals surface area contributed by atoms with Crippen LogP contribution in [0.4, 0.5) is 0 Å². The highest BCUT2D eigenvalue weighted by atomic mass is 16.6. The average Bonchev–Trinajstić information content (AvgIpc) is 3.66. The molecule has 15 atom stereocenters. The maximum absolute atomic E-state index is 15.8. The molecule has 8 heterocycles. The second-order valence-corrected chi connectivity index (χ2v) is 20.8. The van der Waals surface area contributed by atoms with E-state index in [-0.39, 0.29) is 41.5 Å². The molecule has 8 nitrogen and oxygen atoms in total. The van der Waals surface area contributed by atoms with Crippen molar-refractivity contribution in [1.29, 1.82) is 0 Å². The molecule has 6 fully saturated rings. The number of aliphatic hydroxyl groups excluding tert-OH is 1. The summed E-state index contributed by atoms with van der Waals surface area (Å²) in [6.45, 7) is 9.77. The number of hydrogen-bond donors (Lipinski definition) is 2. The first-order chi connectivity index (χ1) is 27.6. The molecule has 57 heavy (non-hydrogen) atoms. The van der Waals surface area contributed by atoms with Gasteiger partial charge in [0.1, 0.15) is 11.2 Å². The molecule has 1 aromatic carbocycles. The summed E-state index contributed by atoms with van der Waals surface area (Å²) in [6, 6.07) is 7.19. The molecule has 2 saturated carbocycles. The largest absolute Gasteiger partial charge is 0.508 e. The Morgan fingerprint density at radius 1 is 1.04 bits per heavy atom. The van der Waals surface area contributed by atoms with Crippen molar-refractivity contribution in [1.82, 2.24) is 9.80 Å². The molecule has 1 unspecified atom stereocenters. The number of nitrogens with zero attached hydrogens (tertiary/aromatic N) is 2. The lowest BCUT2D eigenvalue weighted by Crippen LogP contribution is -2.77. The van der Waals surface area contributed by atoms with Crippen molar-refractivity contribution in [3.05, 3.63) is 92.6 Å². The quantitative estimate of drug-likeness (QED) is 0.303. The first-order valence-electron chi connectivity index (χ1n) is 22.8. The Kier molecular flexibility index (Phi) is 6.70. The van der Waals surface area contributed by atoms with Crippen LogP contribution >= 0.6 is 0 Å². The minimum Gasteiger partial charge on any atom is -0.508 e. The van der Waals surface area contributed by atoms with E-state index in [1.165, 1.54) is 28.7 Å². The number of aryl methyl sites for hydroxylation is 1. The topological polar surface area (TPSA) is 105 Å². The van der Waals surface area contributed by atoms with Gasteiger partial charge in [0.2, 0.25) is 0 Å². The Morgan fingerprint density at radius 2 is 1.91 bits per heavy atom. The molecule has 14 rings (SSSR count). The van der Waals surface area contributed by atoms with E-state index in [2.05, 4.69) is 67.0 Å². The van der Waals surface area contributed by atoms with Crippen LogP contribution in [0.5, 0.6) is 0 Å². The molecule has 10 bridgehead atoms. The summed E-state index contributed by atoms with van der Waals surface area (Å²) in [6.07, 6.45) is 17.5. The Balaban J connectivity index is 1.14.